The highest BCUT2D eigenvalue weighted by Crippen LogP contribution is 2.10. The lowest BCUT2D eigenvalue weighted by Gasteiger charge is -2.04. The van der Waals surface area contributed by atoms with Crippen LogP contribution in [0.1, 0.15) is 16.1 Å². The van der Waals surface area contributed by atoms with E-state index in [0.717, 1.165) is 5.56 Å². The van der Waals surface area contributed by atoms with E-state index in [9.17, 15) is 4.79 Å². The van der Waals surface area contributed by atoms with Gasteiger partial charge in [0.2, 0.25) is 0 Å². The molecule has 0 fully saturated rings. The van der Waals surface area contributed by atoms with Gasteiger partial charge in [0.1, 0.15) is 12.3 Å². The topological polar surface area (TPSA) is 51.5 Å². The number of aliphatic imine (C=N–C) groups is 1. The predicted octanol–water partition coefficient (Wildman–Crippen LogP) is 3.17. The maximum absolute atomic E-state index is 11.7. The average Bonchev–Trinajstić information content (AvgIpc) is 2.47. The minimum Gasteiger partial charge on any atom is -0.456 e. The quantitative estimate of drug-likeness (QED) is 0.486. The fourth-order valence-electron chi connectivity index (χ4n) is 1.42. The van der Waals surface area contributed by atoms with E-state index in [1.54, 1.807) is 12.1 Å². The number of rotatable bonds is 4. The van der Waals surface area contributed by atoms with E-state index >= 15 is 0 Å². The molecule has 0 saturated carbocycles. The van der Waals surface area contributed by atoms with Crippen molar-refractivity contribution in [1.82, 2.24) is 4.98 Å². The molecule has 0 saturated heterocycles. The molecule has 0 atom stereocenters. The van der Waals surface area contributed by atoms with E-state index in [4.69, 9.17) is 4.74 Å². The van der Waals surface area contributed by atoms with Crippen LogP contribution >= 0.6 is 12.2 Å². The van der Waals surface area contributed by atoms with Crippen LogP contribution in [0, 0.1) is 0 Å². The summed E-state index contributed by atoms with van der Waals surface area (Å²) < 4.78 is 5.15. The van der Waals surface area contributed by atoms with Crippen LogP contribution in [0.2, 0.25) is 0 Å². The Kier molecular flexibility index (Phi) is 4.50. The highest BCUT2D eigenvalue weighted by molar-refractivity contribution is 7.78. The molecule has 1 aromatic heterocycles. The van der Waals surface area contributed by atoms with Gasteiger partial charge in [-0.2, -0.15) is 4.99 Å². The van der Waals surface area contributed by atoms with Gasteiger partial charge in [0.05, 0.1) is 17.0 Å². The van der Waals surface area contributed by atoms with E-state index in [2.05, 4.69) is 27.4 Å². The second kappa shape index (κ2) is 6.54. The van der Waals surface area contributed by atoms with E-state index in [1.165, 1.54) is 6.20 Å². The van der Waals surface area contributed by atoms with Crippen LogP contribution in [0.15, 0.2) is 53.7 Å². The molecule has 19 heavy (non-hydrogen) atoms. The molecule has 0 bridgehead atoms. The van der Waals surface area contributed by atoms with Crippen LogP contribution in [0.3, 0.4) is 0 Å². The number of ether oxygens (including phenoxy) is 1. The van der Waals surface area contributed by atoms with Crippen molar-refractivity contribution in [2.75, 3.05) is 0 Å². The third-order valence-electron chi connectivity index (χ3n) is 2.34. The van der Waals surface area contributed by atoms with Crippen molar-refractivity contribution in [3.8, 4) is 0 Å². The molecule has 0 radical (unpaired) electrons. The number of aromatic nitrogens is 1. The van der Waals surface area contributed by atoms with Gasteiger partial charge in [-0.15, -0.1) is 0 Å². The second-order valence-corrected chi connectivity index (χ2v) is 3.85. The van der Waals surface area contributed by atoms with Gasteiger partial charge < -0.3 is 4.74 Å². The molecule has 0 aliphatic heterocycles. The van der Waals surface area contributed by atoms with Gasteiger partial charge in [0.25, 0.3) is 0 Å². The number of thiocarbonyl (C=S) groups is 1. The van der Waals surface area contributed by atoms with Crippen molar-refractivity contribution in [2.45, 2.75) is 6.61 Å². The molecule has 5 heteroatoms. The summed E-state index contributed by atoms with van der Waals surface area (Å²) in [6.07, 6.45) is 1.44. The number of pyridine rings is 1. The number of benzene rings is 1. The Bertz CT molecular complexity index is 605. The lowest BCUT2D eigenvalue weighted by molar-refractivity contribution is 0.0466. The van der Waals surface area contributed by atoms with Gasteiger partial charge in [-0.05, 0) is 29.9 Å². The first-order chi connectivity index (χ1) is 9.29. The number of hydrogen-bond acceptors (Lipinski definition) is 5. The molecule has 0 N–H and O–H groups in total. The normalized spacial score (nSPS) is 9.47. The monoisotopic (exact) mass is 270 g/mol. The number of nitrogens with zero attached hydrogens (tertiary/aromatic N) is 2. The molecule has 4 nitrogen and oxygen atoms in total. The van der Waals surface area contributed by atoms with E-state index in [0.29, 0.717) is 5.69 Å². The zero-order valence-corrected chi connectivity index (χ0v) is 10.8. The predicted molar refractivity (Wildman–Crippen MR) is 74.5 cm³/mol. The average molecular weight is 270 g/mol. The smallest absolute Gasteiger partial charge is 0.357 e. The molecular weight excluding hydrogens is 260 g/mol. The first-order valence-electron chi connectivity index (χ1n) is 5.54. The number of hydrogen-bond donors (Lipinski definition) is 0. The van der Waals surface area contributed by atoms with Crippen LogP contribution in [0.4, 0.5) is 5.69 Å². The molecule has 0 spiro atoms. The number of isothiocyanates is 1. The fraction of sp³-hybridized carbons (Fsp3) is 0.0714. The fourth-order valence-corrected chi connectivity index (χ4v) is 1.53. The Morgan fingerprint density at radius 2 is 2.05 bits per heavy atom. The molecule has 0 aliphatic rings. The Morgan fingerprint density at radius 1 is 1.26 bits per heavy atom. The zero-order chi connectivity index (χ0) is 13.5. The molecule has 2 rings (SSSR count). The van der Waals surface area contributed by atoms with E-state index in [-0.39, 0.29) is 12.3 Å². The number of esters is 1. The van der Waals surface area contributed by atoms with Crippen LogP contribution in [-0.2, 0) is 11.3 Å². The maximum Gasteiger partial charge on any atom is 0.357 e. The summed E-state index contributed by atoms with van der Waals surface area (Å²) in [5.41, 5.74) is 1.71. The molecule has 1 aromatic carbocycles. The number of carbonyl (C=O) groups is 1. The maximum atomic E-state index is 11.7. The van der Waals surface area contributed by atoms with Gasteiger partial charge in [0, 0.05) is 0 Å². The summed E-state index contributed by atoms with van der Waals surface area (Å²) >= 11 is 4.48. The summed E-state index contributed by atoms with van der Waals surface area (Å²) in [6.45, 7) is 0.223. The standard InChI is InChI=1S/C14H10N2O2S/c17-14(18-9-11-4-2-1-3-5-11)13-7-6-12(8-15-13)16-10-19/h1-8H,9H2. The Balaban J connectivity index is 1.98. The van der Waals surface area contributed by atoms with Crippen molar-refractivity contribution in [3.63, 3.8) is 0 Å². The third kappa shape index (κ3) is 3.81. The van der Waals surface area contributed by atoms with Gasteiger partial charge in [-0.25, -0.2) is 9.78 Å². The Hall–Kier alpha value is -2.36. The minimum atomic E-state index is -0.471. The molecule has 1 heterocycles. The summed E-state index contributed by atoms with van der Waals surface area (Å²) in [4.78, 5) is 19.4. The highest BCUT2D eigenvalue weighted by Gasteiger charge is 2.08. The van der Waals surface area contributed by atoms with Crippen LogP contribution in [0.5, 0.6) is 0 Å². The van der Waals surface area contributed by atoms with Crippen molar-refractivity contribution in [3.05, 3.63) is 59.9 Å². The first kappa shape index (κ1) is 13.1. The summed E-state index contributed by atoms with van der Waals surface area (Å²) in [5.74, 6) is -0.471. The highest BCUT2D eigenvalue weighted by atomic mass is 32.1. The molecule has 0 unspecified atom stereocenters. The Morgan fingerprint density at radius 3 is 2.68 bits per heavy atom. The van der Waals surface area contributed by atoms with Crippen molar-refractivity contribution in [1.29, 1.82) is 0 Å². The summed E-state index contributed by atoms with van der Waals surface area (Å²) in [7, 11) is 0. The zero-order valence-electron chi connectivity index (χ0n) is 9.95. The van der Waals surface area contributed by atoms with Crippen LogP contribution in [0.25, 0.3) is 0 Å². The van der Waals surface area contributed by atoms with Gasteiger partial charge in [-0.3, -0.25) is 0 Å². The van der Waals surface area contributed by atoms with Crippen molar-refractivity contribution < 1.29 is 9.53 Å². The molecule has 0 aliphatic carbocycles. The van der Waals surface area contributed by atoms with Crippen molar-refractivity contribution in [2.24, 2.45) is 4.99 Å². The molecule has 0 amide bonds. The van der Waals surface area contributed by atoms with Gasteiger partial charge >= 0.3 is 5.97 Å². The van der Waals surface area contributed by atoms with E-state index < -0.39 is 5.97 Å². The largest absolute Gasteiger partial charge is 0.456 e. The van der Waals surface area contributed by atoms with Crippen molar-refractivity contribution >= 4 is 29.0 Å². The molecule has 94 valence electrons. The first-order valence-corrected chi connectivity index (χ1v) is 5.95. The number of carbonyl (C=O) groups excluding carboxylic acids is 1. The summed E-state index contributed by atoms with van der Waals surface area (Å²) in [6, 6.07) is 12.6. The SMILES string of the molecule is O=C(OCc1ccccc1)c1ccc(N=C=S)cn1. The summed E-state index contributed by atoms with van der Waals surface area (Å²) in [5, 5.41) is 2.23. The third-order valence-corrected chi connectivity index (χ3v) is 2.44. The molecule has 2 aromatic rings. The lowest BCUT2D eigenvalue weighted by Crippen LogP contribution is -2.06. The molecular formula is C14H10N2O2S. The second-order valence-electron chi connectivity index (χ2n) is 3.67. The minimum absolute atomic E-state index is 0.223. The lowest BCUT2D eigenvalue weighted by atomic mass is 10.2. The van der Waals surface area contributed by atoms with Gasteiger partial charge in [-0.1, -0.05) is 30.3 Å². The van der Waals surface area contributed by atoms with Gasteiger partial charge in [0.15, 0.2) is 0 Å². The Labute approximate surface area is 115 Å². The van der Waals surface area contributed by atoms with E-state index in [1.807, 2.05) is 30.3 Å². The van der Waals surface area contributed by atoms with Crippen LogP contribution < -0.4 is 0 Å². The van der Waals surface area contributed by atoms with Crippen LogP contribution in [-0.4, -0.2) is 16.1 Å².